The summed E-state index contributed by atoms with van der Waals surface area (Å²) in [6.45, 7) is 0.377. The van der Waals surface area contributed by atoms with Crippen LogP contribution in [0.1, 0.15) is 0 Å². The van der Waals surface area contributed by atoms with E-state index in [1.54, 1.807) is 0 Å². The number of cyclic esters (lactones) is 1. The predicted octanol–water partition coefficient (Wildman–Crippen LogP) is -1.46. The molecule has 3 atom stereocenters. The van der Waals surface area contributed by atoms with Crippen LogP contribution in [0.5, 0.6) is 0 Å². The number of aliphatic hydroxyl groups excluding tert-OH is 2. The number of hydrogen-bond acceptors (Lipinski definition) is 4. The van der Waals surface area contributed by atoms with Crippen molar-refractivity contribution in [3.05, 3.63) is 0 Å². The van der Waals surface area contributed by atoms with Gasteiger partial charge < -0.3 is 14.9 Å². The molecule has 2 heterocycles. The van der Waals surface area contributed by atoms with E-state index in [4.69, 9.17) is 5.11 Å². The summed E-state index contributed by atoms with van der Waals surface area (Å²) in [5, 5.41) is 18.4. The van der Waals surface area contributed by atoms with Gasteiger partial charge in [-0.25, -0.2) is 4.79 Å². The van der Waals surface area contributed by atoms with E-state index in [9.17, 15) is 9.90 Å². The van der Waals surface area contributed by atoms with Crippen molar-refractivity contribution in [3.63, 3.8) is 0 Å². The Bertz CT molecular complexity index is 195. The minimum atomic E-state index is -0.846. The predicted molar refractivity (Wildman–Crippen MR) is 33.9 cm³/mol. The van der Waals surface area contributed by atoms with Crippen molar-refractivity contribution in [1.29, 1.82) is 0 Å². The van der Waals surface area contributed by atoms with Crippen LogP contribution in [0.25, 0.3) is 0 Å². The van der Waals surface area contributed by atoms with Gasteiger partial charge in [-0.1, -0.05) is 0 Å². The molecule has 0 aliphatic carbocycles. The standard InChI is InChI=1S/C6H9NO4/c8-4-1-7-3(5(4)9)2-11-6(7)10/h3-5,8-9H,1-2H2/t3-,4-,5+/m1/s1. The van der Waals surface area contributed by atoms with E-state index >= 15 is 0 Å². The Morgan fingerprint density at radius 2 is 2.27 bits per heavy atom. The second-order valence-electron chi connectivity index (χ2n) is 2.85. The summed E-state index contributed by atoms with van der Waals surface area (Å²) in [4.78, 5) is 12.2. The maximum atomic E-state index is 10.8. The van der Waals surface area contributed by atoms with Crippen molar-refractivity contribution in [1.82, 2.24) is 4.90 Å². The summed E-state index contributed by atoms with van der Waals surface area (Å²) in [6.07, 6.45) is -2.10. The molecule has 0 unspecified atom stereocenters. The summed E-state index contributed by atoms with van der Waals surface area (Å²) in [5.41, 5.74) is 0. The summed E-state index contributed by atoms with van der Waals surface area (Å²) in [7, 11) is 0. The van der Waals surface area contributed by atoms with Crippen LogP contribution in [0.3, 0.4) is 0 Å². The first-order chi connectivity index (χ1) is 5.20. The fourth-order valence-electron chi connectivity index (χ4n) is 1.52. The SMILES string of the molecule is O=C1OC[C@@H]2[C@H](O)[C@H](O)CN12. The smallest absolute Gasteiger partial charge is 0.410 e. The first-order valence-electron chi connectivity index (χ1n) is 3.49. The van der Waals surface area contributed by atoms with Gasteiger partial charge in [0.25, 0.3) is 0 Å². The van der Waals surface area contributed by atoms with Crippen molar-refractivity contribution in [2.24, 2.45) is 0 Å². The van der Waals surface area contributed by atoms with Gasteiger partial charge in [-0.2, -0.15) is 0 Å². The molecule has 2 aliphatic rings. The molecule has 0 aromatic heterocycles. The van der Waals surface area contributed by atoms with E-state index in [0.717, 1.165) is 0 Å². The van der Waals surface area contributed by atoms with Crippen LogP contribution < -0.4 is 0 Å². The normalized spacial score (nSPS) is 42.5. The average molecular weight is 159 g/mol. The zero-order valence-electron chi connectivity index (χ0n) is 5.80. The molecule has 0 aromatic carbocycles. The lowest BCUT2D eigenvalue weighted by Crippen LogP contribution is -2.33. The zero-order valence-corrected chi connectivity index (χ0v) is 5.80. The summed E-state index contributed by atoms with van der Waals surface area (Å²) >= 11 is 0. The maximum Gasteiger partial charge on any atom is 0.410 e. The number of hydrogen-bond donors (Lipinski definition) is 2. The Labute approximate surface area is 63.2 Å². The van der Waals surface area contributed by atoms with Gasteiger partial charge in [-0.15, -0.1) is 0 Å². The minimum Gasteiger partial charge on any atom is -0.447 e. The molecule has 0 saturated carbocycles. The fourth-order valence-corrected chi connectivity index (χ4v) is 1.52. The second kappa shape index (κ2) is 2.09. The number of carbonyl (C=O) groups excluding carboxylic acids is 1. The van der Waals surface area contributed by atoms with E-state index in [-0.39, 0.29) is 19.2 Å². The third-order valence-corrected chi connectivity index (χ3v) is 2.18. The average Bonchev–Trinajstić information content (AvgIpc) is 2.43. The van der Waals surface area contributed by atoms with Gasteiger partial charge in [0.15, 0.2) is 0 Å². The number of carbonyl (C=O) groups is 1. The number of fused-ring (bicyclic) bond motifs is 1. The lowest BCUT2D eigenvalue weighted by atomic mass is 10.1. The quantitative estimate of drug-likeness (QED) is 0.453. The van der Waals surface area contributed by atoms with Crippen LogP contribution in [-0.2, 0) is 4.74 Å². The third kappa shape index (κ3) is 0.812. The molecule has 5 heteroatoms. The van der Waals surface area contributed by atoms with Gasteiger partial charge in [0, 0.05) is 0 Å². The van der Waals surface area contributed by atoms with Gasteiger partial charge in [0.2, 0.25) is 0 Å². The molecular formula is C6H9NO4. The lowest BCUT2D eigenvalue weighted by Gasteiger charge is -2.11. The second-order valence-corrected chi connectivity index (χ2v) is 2.85. The molecule has 11 heavy (non-hydrogen) atoms. The Morgan fingerprint density at radius 1 is 1.55 bits per heavy atom. The van der Waals surface area contributed by atoms with Crippen LogP contribution in [0.15, 0.2) is 0 Å². The number of rotatable bonds is 0. The van der Waals surface area contributed by atoms with E-state index in [0.29, 0.717) is 0 Å². The van der Waals surface area contributed by atoms with Crippen LogP contribution in [0.2, 0.25) is 0 Å². The summed E-state index contributed by atoms with van der Waals surface area (Å²) < 4.78 is 4.65. The molecule has 0 bridgehead atoms. The first-order valence-corrected chi connectivity index (χ1v) is 3.49. The topological polar surface area (TPSA) is 70.0 Å². The molecule has 0 spiro atoms. The van der Waals surface area contributed by atoms with Gasteiger partial charge in [0.1, 0.15) is 12.7 Å². The molecule has 0 radical (unpaired) electrons. The third-order valence-electron chi connectivity index (χ3n) is 2.18. The number of nitrogens with zero attached hydrogens (tertiary/aromatic N) is 1. The monoisotopic (exact) mass is 159 g/mol. The van der Waals surface area contributed by atoms with Gasteiger partial charge in [-0.3, -0.25) is 4.90 Å². The van der Waals surface area contributed by atoms with Crippen molar-refractivity contribution in [3.8, 4) is 0 Å². The van der Waals surface area contributed by atoms with Crippen molar-refractivity contribution >= 4 is 6.09 Å². The summed E-state index contributed by atoms with van der Waals surface area (Å²) in [6, 6.07) is -0.336. The largest absolute Gasteiger partial charge is 0.447 e. The van der Waals surface area contributed by atoms with Crippen molar-refractivity contribution in [2.75, 3.05) is 13.2 Å². The molecule has 1 amide bonds. The number of ether oxygens (including phenoxy) is 1. The Kier molecular flexibility index (Phi) is 1.30. The van der Waals surface area contributed by atoms with Crippen LogP contribution >= 0.6 is 0 Å². The Balaban J connectivity index is 2.18. The van der Waals surface area contributed by atoms with Crippen LogP contribution in [0, 0.1) is 0 Å². The Morgan fingerprint density at radius 3 is 2.91 bits per heavy atom. The molecule has 2 aliphatic heterocycles. The highest BCUT2D eigenvalue weighted by Crippen LogP contribution is 2.24. The first kappa shape index (κ1) is 6.87. The zero-order chi connectivity index (χ0) is 8.01. The number of aliphatic hydroxyl groups is 2. The molecule has 5 nitrogen and oxygen atoms in total. The molecule has 2 N–H and O–H groups in total. The van der Waals surface area contributed by atoms with E-state index in [1.807, 2.05) is 0 Å². The highest BCUT2D eigenvalue weighted by molar-refractivity contribution is 5.70. The molecular weight excluding hydrogens is 150 g/mol. The van der Waals surface area contributed by atoms with Crippen molar-refractivity contribution < 1.29 is 19.7 Å². The number of amides is 1. The molecule has 2 saturated heterocycles. The Hall–Kier alpha value is -0.810. The highest BCUT2D eigenvalue weighted by atomic mass is 16.6. The molecule has 62 valence electrons. The fraction of sp³-hybridized carbons (Fsp3) is 0.833. The van der Waals surface area contributed by atoms with Crippen molar-refractivity contribution in [2.45, 2.75) is 18.2 Å². The van der Waals surface area contributed by atoms with Crippen LogP contribution in [0.4, 0.5) is 4.79 Å². The minimum absolute atomic E-state index is 0.185. The van der Waals surface area contributed by atoms with Gasteiger partial charge in [0.05, 0.1) is 18.7 Å². The van der Waals surface area contributed by atoms with E-state index < -0.39 is 18.3 Å². The van der Waals surface area contributed by atoms with E-state index in [2.05, 4.69) is 4.74 Å². The van der Waals surface area contributed by atoms with Crippen LogP contribution in [-0.4, -0.2) is 52.6 Å². The van der Waals surface area contributed by atoms with Gasteiger partial charge >= 0.3 is 6.09 Å². The van der Waals surface area contributed by atoms with E-state index in [1.165, 1.54) is 4.90 Å². The summed E-state index contributed by atoms with van der Waals surface area (Å²) in [5.74, 6) is 0. The maximum absolute atomic E-state index is 10.8. The van der Waals surface area contributed by atoms with Gasteiger partial charge in [-0.05, 0) is 0 Å². The molecule has 2 rings (SSSR count). The molecule has 0 aromatic rings. The highest BCUT2D eigenvalue weighted by Gasteiger charge is 2.47. The lowest BCUT2D eigenvalue weighted by molar-refractivity contribution is 0.0323. The molecule has 2 fully saturated rings.